The molecule has 0 aliphatic carbocycles. The number of aryl methyl sites for hydroxylation is 1. The third-order valence-electron chi connectivity index (χ3n) is 2.45. The molecule has 0 saturated heterocycles. The summed E-state index contributed by atoms with van der Waals surface area (Å²) in [5.41, 5.74) is 1.65. The Morgan fingerprint density at radius 1 is 1.32 bits per heavy atom. The smallest absolute Gasteiger partial charge is 0.170 e. The Morgan fingerprint density at radius 3 is 2.74 bits per heavy atom. The molecule has 0 unspecified atom stereocenters. The molecule has 1 aromatic carbocycles. The molecule has 0 radical (unpaired) electrons. The van der Waals surface area contributed by atoms with Gasteiger partial charge in [0.05, 0.1) is 10.7 Å². The van der Waals surface area contributed by atoms with E-state index < -0.39 is 0 Å². The first-order chi connectivity index (χ1) is 9.04. The van der Waals surface area contributed by atoms with Crippen LogP contribution in [-0.4, -0.2) is 24.9 Å². The summed E-state index contributed by atoms with van der Waals surface area (Å²) in [5.74, 6) is 0. The van der Waals surface area contributed by atoms with Crippen molar-refractivity contribution in [2.45, 2.75) is 20.3 Å². The van der Waals surface area contributed by atoms with Gasteiger partial charge in [-0.2, -0.15) is 0 Å². The van der Waals surface area contributed by atoms with Gasteiger partial charge in [-0.25, -0.2) is 0 Å². The number of anilines is 1. The number of hydrogen-bond donors (Lipinski definition) is 2. The van der Waals surface area contributed by atoms with Crippen LogP contribution >= 0.6 is 35.4 Å². The van der Waals surface area contributed by atoms with Gasteiger partial charge < -0.3 is 15.4 Å². The van der Waals surface area contributed by atoms with Crippen LogP contribution in [0.5, 0.6) is 0 Å². The largest absolute Gasteiger partial charge is 0.382 e. The number of hydrogen-bond acceptors (Lipinski definition) is 2. The Bertz CT molecular complexity index is 441. The fourth-order valence-electron chi connectivity index (χ4n) is 1.43. The van der Waals surface area contributed by atoms with Crippen molar-refractivity contribution in [3.8, 4) is 0 Å². The van der Waals surface area contributed by atoms with Gasteiger partial charge in [-0.15, -0.1) is 0 Å². The van der Waals surface area contributed by atoms with E-state index in [1.54, 1.807) is 6.07 Å². The van der Waals surface area contributed by atoms with Gasteiger partial charge >= 0.3 is 0 Å². The molecule has 106 valence electrons. The van der Waals surface area contributed by atoms with Gasteiger partial charge in [-0.1, -0.05) is 23.2 Å². The number of halogens is 2. The van der Waals surface area contributed by atoms with Gasteiger partial charge in [0.15, 0.2) is 5.11 Å². The highest BCUT2D eigenvalue weighted by atomic mass is 35.5. The highest BCUT2D eigenvalue weighted by Gasteiger charge is 2.06. The molecule has 0 atom stereocenters. The summed E-state index contributed by atoms with van der Waals surface area (Å²) in [5, 5.41) is 7.90. The molecule has 0 aliphatic rings. The van der Waals surface area contributed by atoms with Gasteiger partial charge in [0, 0.05) is 24.8 Å². The minimum absolute atomic E-state index is 0.526. The van der Waals surface area contributed by atoms with Crippen molar-refractivity contribution < 1.29 is 4.74 Å². The van der Waals surface area contributed by atoms with Crippen molar-refractivity contribution >= 4 is 46.2 Å². The van der Waals surface area contributed by atoms with Crippen LogP contribution in [0.25, 0.3) is 0 Å². The van der Waals surface area contributed by atoms with Gasteiger partial charge in [-0.05, 0) is 50.2 Å². The number of thiocarbonyl (C=S) groups is 1. The predicted octanol–water partition coefficient (Wildman–Crippen LogP) is 4.01. The van der Waals surface area contributed by atoms with E-state index in [4.69, 9.17) is 40.2 Å². The molecule has 19 heavy (non-hydrogen) atoms. The maximum absolute atomic E-state index is 6.12. The first-order valence-corrected chi connectivity index (χ1v) is 7.29. The third-order valence-corrected chi connectivity index (χ3v) is 3.42. The van der Waals surface area contributed by atoms with E-state index in [0.29, 0.717) is 20.8 Å². The molecule has 0 aromatic heterocycles. The van der Waals surface area contributed by atoms with Gasteiger partial charge in [0.2, 0.25) is 0 Å². The normalized spacial score (nSPS) is 10.3. The van der Waals surface area contributed by atoms with Crippen LogP contribution in [0.2, 0.25) is 10.0 Å². The molecule has 0 aliphatic heterocycles. The van der Waals surface area contributed by atoms with E-state index in [-0.39, 0.29) is 0 Å². The molecule has 2 N–H and O–H groups in total. The molecule has 0 fully saturated rings. The van der Waals surface area contributed by atoms with E-state index in [1.165, 1.54) is 0 Å². The van der Waals surface area contributed by atoms with Crippen LogP contribution in [0.4, 0.5) is 5.69 Å². The summed E-state index contributed by atoms with van der Waals surface area (Å²) in [7, 11) is 0. The van der Waals surface area contributed by atoms with Crippen LogP contribution in [0.1, 0.15) is 18.9 Å². The predicted molar refractivity (Wildman–Crippen MR) is 86.5 cm³/mol. The third kappa shape index (κ3) is 5.95. The molecule has 3 nitrogen and oxygen atoms in total. The van der Waals surface area contributed by atoms with Crippen LogP contribution in [0.15, 0.2) is 12.1 Å². The minimum atomic E-state index is 0.526. The highest BCUT2D eigenvalue weighted by Crippen LogP contribution is 2.28. The average molecular weight is 321 g/mol. The van der Waals surface area contributed by atoms with Crippen molar-refractivity contribution in [3.63, 3.8) is 0 Å². The lowest BCUT2D eigenvalue weighted by molar-refractivity contribution is 0.146. The molecule has 1 rings (SSSR count). The summed E-state index contributed by atoms with van der Waals surface area (Å²) in [6.07, 6.45) is 0.901. The second-order valence-electron chi connectivity index (χ2n) is 4.01. The van der Waals surface area contributed by atoms with Gasteiger partial charge in [0.1, 0.15) is 0 Å². The van der Waals surface area contributed by atoms with Crippen LogP contribution in [-0.2, 0) is 4.74 Å². The Balaban J connectivity index is 2.42. The lowest BCUT2D eigenvalue weighted by atomic mass is 10.2. The summed E-state index contributed by atoms with van der Waals surface area (Å²) < 4.78 is 5.24. The van der Waals surface area contributed by atoms with E-state index >= 15 is 0 Å². The number of benzene rings is 1. The second kappa shape index (κ2) is 8.59. The van der Waals surface area contributed by atoms with E-state index in [0.717, 1.165) is 31.7 Å². The fourth-order valence-corrected chi connectivity index (χ4v) is 2.07. The first-order valence-electron chi connectivity index (χ1n) is 6.12. The van der Waals surface area contributed by atoms with Crippen molar-refractivity contribution in [3.05, 3.63) is 27.7 Å². The van der Waals surface area contributed by atoms with E-state index in [1.807, 2.05) is 19.9 Å². The Morgan fingerprint density at radius 2 is 2.05 bits per heavy atom. The summed E-state index contributed by atoms with van der Waals surface area (Å²) >= 11 is 17.4. The summed E-state index contributed by atoms with van der Waals surface area (Å²) in [6.45, 7) is 6.09. The molecule has 1 aromatic rings. The van der Waals surface area contributed by atoms with Crippen molar-refractivity contribution in [1.82, 2.24) is 5.32 Å². The molecular weight excluding hydrogens is 303 g/mol. The summed E-state index contributed by atoms with van der Waals surface area (Å²) in [6, 6.07) is 3.58. The maximum Gasteiger partial charge on any atom is 0.170 e. The SMILES string of the molecule is CCOCCCNC(=S)Nc1cc(Cl)c(C)cc1Cl. The molecule has 0 bridgehead atoms. The zero-order chi connectivity index (χ0) is 14.3. The first kappa shape index (κ1) is 16.5. The Kier molecular flexibility index (Phi) is 7.46. The fraction of sp³-hybridized carbons (Fsp3) is 0.462. The second-order valence-corrected chi connectivity index (χ2v) is 5.24. The lowest BCUT2D eigenvalue weighted by Crippen LogP contribution is -2.29. The van der Waals surface area contributed by atoms with Crippen molar-refractivity contribution in [2.24, 2.45) is 0 Å². The molecule has 6 heteroatoms. The monoisotopic (exact) mass is 320 g/mol. The Labute approximate surface area is 129 Å². The summed E-state index contributed by atoms with van der Waals surface area (Å²) in [4.78, 5) is 0. The number of nitrogens with one attached hydrogen (secondary N) is 2. The maximum atomic E-state index is 6.12. The lowest BCUT2D eigenvalue weighted by Gasteiger charge is -2.13. The van der Waals surface area contributed by atoms with Crippen LogP contribution in [0, 0.1) is 6.92 Å². The molecule has 0 heterocycles. The van der Waals surface area contributed by atoms with Crippen LogP contribution < -0.4 is 10.6 Å². The molecule has 0 saturated carbocycles. The highest BCUT2D eigenvalue weighted by molar-refractivity contribution is 7.80. The molecular formula is C13H18Cl2N2OS. The Hall–Kier alpha value is -0.550. The standard InChI is InChI=1S/C13H18Cl2N2OS/c1-3-18-6-4-5-16-13(19)17-12-8-10(14)9(2)7-11(12)15/h7-8H,3-6H2,1-2H3,(H2,16,17,19). The van der Waals surface area contributed by atoms with E-state index in [2.05, 4.69) is 10.6 Å². The van der Waals surface area contributed by atoms with Crippen molar-refractivity contribution in [1.29, 1.82) is 0 Å². The van der Waals surface area contributed by atoms with E-state index in [9.17, 15) is 0 Å². The number of ether oxygens (including phenoxy) is 1. The van der Waals surface area contributed by atoms with Gasteiger partial charge in [-0.3, -0.25) is 0 Å². The molecule has 0 amide bonds. The molecule has 0 spiro atoms. The van der Waals surface area contributed by atoms with Crippen molar-refractivity contribution in [2.75, 3.05) is 25.1 Å². The zero-order valence-electron chi connectivity index (χ0n) is 11.1. The number of rotatable bonds is 6. The average Bonchev–Trinajstić information content (AvgIpc) is 2.35. The zero-order valence-corrected chi connectivity index (χ0v) is 13.4. The topological polar surface area (TPSA) is 33.3 Å². The van der Waals surface area contributed by atoms with Crippen LogP contribution in [0.3, 0.4) is 0 Å². The quantitative estimate of drug-likeness (QED) is 0.612. The minimum Gasteiger partial charge on any atom is -0.382 e. The van der Waals surface area contributed by atoms with Gasteiger partial charge in [0.25, 0.3) is 0 Å².